The van der Waals surface area contributed by atoms with Crippen molar-refractivity contribution in [1.29, 1.82) is 0 Å². The van der Waals surface area contributed by atoms with E-state index in [-0.39, 0.29) is 22.5 Å². The van der Waals surface area contributed by atoms with Gasteiger partial charge < -0.3 is 11.5 Å². The van der Waals surface area contributed by atoms with Gasteiger partial charge in [-0.15, -0.1) is 0 Å². The number of anilines is 1. The van der Waals surface area contributed by atoms with Crippen molar-refractivity contribution in [2.24, 2.45) is 5.73 Å². The largest absolute Gasteiger partial charge is 0.395 e. The zero-order valence-corrected chi connectivity index (χ0v) is 12.6. The standard InChI is InChI=1S/C9H10BrClFN3O3S/c10-7-4(11)3-5(8(12)9(7)14)19(17,18)15-2-1-6(13)16/h3,15H,1-2,14H2,(H2,13,16). The summed E-state index contributed by atoms with van der Waals surface area (Å²) in [6.45, 7) is -0.245. The number of nitrogens with two attached hydrogens (primary N) is 2. The van der Waals surface area contributed by atoms with E-state index >= 15 is 0 Å². The molecule has 1 aromatic rings. The monoisotopic (exact) mass is 373 g/mol. The van der Waals surface area contributed by atoms with Crippen molar-refractivity contribution < 1.29 is 17.6 Å². The van der Waals surface area contributed by atoms with Crippen molar-refractivity contribution in [2.45, 2.75) is 11.3 Å². The van der Waals surface area contributed by atoms with Gasteiger partial charge in [0.2, 0.25) is 15.9 Å². The number of nitrogens with one attached hydrogen (secondary N) is 1. The number of carbonyl (C=O) groups excluding carboxylic acids is 1. The lowest BCUT2D eigenvalue weighted by Gasteiger charge is -2.10. The summed E-state index contributed by atoms with van der Waals surface area (Å²) in [7, 11) is -4.17. The number of hydrogen-bond acceptors (Lipinski definition) is 4. The van der Waals surface area contributed by atoms with Crippen molar-refractivity contribution in [2.75, 3.05) is 12.3 Å². The molecule has 1 aromatic carbocycles. The van der Waals surface area contributed by atoms with Crippen molar-refractivity contribution in [1.82, 2.24) is 4.72 Å². The Morgan fingerprint density at radius 2 is 2.11 bits per heavy atom. The summed E-state index contributed by atoms with van der Waals surface area (Å²) in [6, 6.07) is 0.921. The first kappa shape index (κ1) is 16.2. The molecule has 0 unspecified atom stereocenters. The maximum Gasteiger partial charge on any atom is 0.243 e. The first-order valence-corrected chi connectivity index (χ1v) is 7.53. The van der Waals surface area contributed by atoms with Gasteiger partial charge in [-0.25, -0.2) is 17.5 Å². The predicted molar refractivity (Wildman–Crippen MR) is 72.5 cm³/mol. The Morgan fingerprint density at radius 1 is 1.53 bits per heavy atom. The zero-order valence-electron chi connectivity index (χ0n) is 9.41. The number of carbonyl (C=O) groups is 1. The molecule has 0 aliphatic rings. The van der Waals surface area contributed by atoms with E-state index in [1.54, 1.807) is 0 Å². The lowest BCUT2D eigenvalue weighted by atomic mass is 10.3. The Hall–Kier alpha value is -0.900. The second-order valence-electron chi connectivity index (χ2n) is 3.51. The third-order valence-electron chi connectivity index (χ3n) is 2.11. The molecule has 106 valence electrons. The van der Waals surface area contributed by atoms with Crippen molar-refractivity contribution in [3.63, 3.8) is 0 Å². The summed E-state index contributed by atoms with van der Waals surface area (Å²) >= 11 is 8.65. The topological polar surface area (TPSA) is 115 Å². The van der Waals surface area contributed by atoms with Crippen LogP contribution >= 0.6 is 27.5 Å². The molecule has 0 fully saturated rings. The summed E-state index contributed by atoms with van der Waals surface area (Å²) < 4.78 is 39.5. The molecule has 1 amide bonds. The van der Waals surface area contributed by atoms with Crippen LogP contribution in [0.3, 0.4) is 0 Å². The van der Waals surface area contributed by atoms with Crippen LogP contribution in [-0.2, 0) is 14.8 Å². The van der Waals surface area contributed by atoms with Gasteiger partial charge >= 0.3 is 0 Å². The smallest absolute Gasteiger partial charge is 0.243 e. The molecule has 0 aliphatic heterocycles. The van der Waals surface area contributed by atoms with Crippen LogP contribution in [0.1, 0.15) is 6.42 Å². The number of amides is 1. The highest BCUT2D eigenvalue weighted by molar-refractivity contribution is 9.10. The van der Waals surface area contributed by atoms with Crippen LogP contribution < -0.4 is 16.2 Å². The highest BCUT2D eigenvalue weighted by Gasteiger charge is 2.23. The van der Waals surface area contributed by atoms with Gasteiger partial charge in [-0.2, -0.15) is 0 Å². The molecule has 1 rings (SSSR count). The SMILES string of the molecule is NC(=O)CCNS(=O)(=O)c1cc(Cl)c(Br)c(N)c1F. The van der Waals surface area contributed by atoms with Crippen molar-refractivity contribution >= 4 is 49.1 Å². The van der Waals surface area contributed by atoms with Gasteiger partial charge in [-0.3, -0.25) is 4.79 Å². The van der Waals surface area contributed by atoms with Gasteiger partial charge in [0.15, 0.2) is 5.82 Å². The number of primary amides is 1. The Labute approximate surface area is 122 Å². The summed E-state index contributed by atoms with van der Waals surface area (Å²) in [5, 5.41) is -0.0471. The number of hydrogen-bond donors (Lipinski definition) is 3. The lowest BCUT2D eigenvalue weighted by Crippen LogP contribution is -2.29. The lowest BCUT2D eigenvalue weighted by molar-refractivity contribution is -0.117. The molecule has 5 N–H and O–H groups in total. The molecule has 0 heterocycles. The molecule has 0 saturated heterocycles. The molecule has 0 aliphatic carbocycles. The predicted octanol–water partition coefficient (Wildman–Crippen LogP) is 0.978. The first-order valence-electron chi connectivity index (χ1n) is 4.87. The number of rotatable bonds is 5. The van der Waals surface area contributed by atoms with Gasteiger partial charge in [0, 0.05) is 13.0 Å². The summed E-state index contributed by atoms with van der Waals surface area (Å²) in [5.74, 6) is -1.81. The van der Waals surface area contributed by atoms with Gasteiger partial charge in [0.1, 0.15) is 4.90 Å². The van der Waals surface area contributed by atoms with Crippen LogP contribution in [0, 0.1) is 5.82 Å². The van der Waals surface area contributed by atoms with E-state index in [0.717, 1.165) is 6.07 Å². The molecule has 0 spiro atoms. The molecular formula is C9H10BrClFN3O3S. The van der Waals surface area contributed by atoms with E-state index < -0.39 is 32.3 Å². The summed E-state index contributed by atoms with van der Waals surface area (Å²) in [5.41, 5.74) is 9.83. The number of nitrogen functional groups attached to an aromatic ring is 1. The molecule has 0 radical (unpaired) electrons. The quantitative estimate of drug-likeness (QED) is 0.526. The molecule has 0 saturated carbocycles. The zero-order chi connectivity index (χ0) is 14.8. The number of sulfonamides is 1. The Bertz CT molecular complexity index is 624. The van der Waals surface area contributed by atoms with Crippen LogP contribution in [0.4, 0.5) is 10.1 Å². The summed E-state index contributed by atoms with van der Waals surface area (Å²) in [6.07, 6.45) is -0.208. The fourth-order valence-corrected chi connectivity index (χ4v) is 2.89. The van der Waals surface area contributed by atoms with Crippen LogP contribution in [0.25, 0.3) is 0 Å². The summed E-state index contributed by atoms with van der Waals surface area (Å²) in [4.78, 5) is 9.82. The van der Waals surface area contributed by atoms with E-state index in [0.29, 0.717) is 0 Å². The molecule has 6 nitrogen and oxygen atoms in total. The molecule has 0 atom stereocenters. The van der Waals surface area contributed by atoms with Gasteiger partial charge in [0.05, 0.1) is 15.2 Å². The second-order valence-corrected chi connectivity index (χ2v) is 6.45. The Balaban J connectivity index is 3.12. The maximum atomic E-state index is 13.8. The Morgan fingerprint density at radius 3 is 2.63 bits per heavy atom. The third-order valence-corrected chi connectivity index (χ3v) is 4.95. The number of halogens is 3. The fraction of sp³-hybridized carbons (Fsp3) is 0.222. The molecule has 0 bridgehead atoms. The second kappa shape index (κ2) is 6.04. The van der Waals surface area contributed by atoms with Gasteiger partial charge in [-0.05, 0) is 22.0 Å². The normalized spacial score (nSPS) is 11.5. The fourth-order valence-electron chi connectivity index (χ4n) is 1.18. The van der Waals surface area contributed by atoms with Gasteiger partial charge in [0.25, 0.3) is 0 Å². The highest BCUT2D eigenvalue weighted by atomic mass is 79.9. The molecule has 0 aromatic heterocycles. The van der Waals surface area contributed by atoms with E-state index in [9.17, 15) is 17.6 Å². The van der Waals surface area contributed by atoms with Crippen molar-refractivity contribution in [3.05, 3.63) is 21.4 Å². The van der Waals surface area contributed by atoms with Crippen LogP contribution in [0.5, 0.6) is 0 Å². The van der Waals surface area contributed by atoms with Crippen LogP contribution in [-0.4, -0.2) is 20.9 Å². The highest BCUT2D eigenvalue weighted by Crippen LogP contribution is 2.34. The van der Waals surface area contributed by atoms with E-state index in [2.05, 4.69) is 15.9 Å². The maximum absolute atomic E-state index is 13.8. The minimum atomic E-state index is -4.17. The van der Waals surface area contributed by atoms with Gasteiger partial charge in [-0.1, -0.05) is 11.6 Å². The average molecular weight is 375 g/mol. The third kappa shape index (κ3) is 3.78. The molecule has 19 heavy (non-hydrogen) atoms. The molecule has 10 heteroatoms. The van der Waals surface area contributed by atoms with Crippen LogP contribution in [0.15, 0.2) is 15.4 Å². The van der Waals surface area contributed by atoms with E-state index in [1.807, 2.05) is 4.72 Å². The van der Waals surface area contributed by atoms with Crippen LogP contribution in [0.2, 0.25) is 5.02 Å². The first-order chi connectivity index (χ1) is 8.66. The minimum Gasteiger partial charge on any atom is -0.395 e. The average Bonchev–Trinajstić information content (AvgIpc) is 2.30. The molecular weight excluding hydrogens is 365 g/mol. The van der Waals surface area contributed by atoms with Crippen molar-refractivity contribution in [3.8, 4) is 0 Å². The van der Waals surface area contributed by atoms with E-state index in [4.69, 9.17) is 23.1 Å². The minimum absolute atomic E-state index is 0.0471. The Kier molecular flexibility index (Phi) is 5.13. The number of benzene rings is 1. The van der Waals surface area contributed by atoms with E-state index in [1.165, 1.54) is 0 Å².